The van der Waals surface area contributed by atoms with Crippen LogP contribution in [-0.2, 0) is 22.1 Å². The number of rotatable bonds is 6. The smallest absolute Gasteiger partial charge is 0.292 e. The van der Waals surface area contributed by atoms with Crippen LogP contribution in [0.4, 0.5) is 26.3 Å². The highest BCUT2D eigenvalue weighted by molar-refractivity contribution is 7.27. The molecule has 0 spiro atoms. The Balaban J connectivity index is 2.89. The van der Waals surface area contributed by atoms with Crippen molar-refractivity contribution in [2.75, 3.05) is 0 Å². The zero-order valence-corrected chi connectivity index (χ0v) is 16.3. The lowest BCUT2D eigenvalue weighted by atomic mass is 9.80. The van der Waals surface area contributed by atoms with Crippen molar-refractivity contribution in [1.82, 2.24) is 0 Å². The van der Waals surface area contributed by atoms with E-state index in [0.29, 0.717) is 18.2 Å². The molecular weight excluding hydrogens is 417 g/mol. The summed E-state index contributed by atoms with van der Waals surface area (Å²) in [6.45, 7) is 3.27. The summed E-state index contributed by atoms with van der Waals surface area (Å²) in [4.78, 5) is 13.4. The van der Waals surface area contributed by atoms with Crippen LogP contribution in [0.2, 0.25) is 0 Å². The zero-order valence-electron chi connectivity index (χ0n) is 15.4. The molecular formula is C20H17F6O2P. The molecule has 1 atom stereocenters. The standard InChI is InChI=1S/C20H17F6O2P/c1-12(2)11-18(29-28,13-7-4-3-5-8-13)17(27)16-14(19(21,22)23)9-6-10-15(16)20(24,25)26/h3-10,12H,11H2,1-2H3. The number of carbonyl (C=O) groups is 1. The second-order valence-corrected chi connectivity index (χ2v) is 7.91. The third-order valence-corrected chi connectivity index (χ3v) is 5.34. The number of carbonyl (C=O) groups excluding carboxylic acids is 1. The average Bonchev–Trinajstić information content (AvgIpc) is 2.64. The van der Waals surface area contributed by atoms with Crippen LogP contribution < -0.4 is 0 Å². The minimum atomic E-state index is -5.20. The first kappa shape index (κ1) is 23.1. The Hall–Kier alpha value is -2.21. The summed E-state index contributed by atoms with van der Waals surface area (Å²) in [6, 6.07) is 8.71. The van der Waals surface area contributed by atoms with Gasteiger partial charge in [-0.2, -0.15) is 26.3 Å². The van der Waals surface area contributed by atoms with Crippen LogP contribution >= 0.6 is 8.46 Å². The lowest BCUT2D eigenvalue weighted by molar-refractivity contribution is -0.143. The highest BCUT2D eigenvalue weighted by Crippen LogP contribution is 2.48. The van der Waals surface area contributed by atoms with Crippen molar-refractivity contribution >= 4 is 14.2 Å². The number of halogens is 6. The van der Waals surface area contributed by atoms with E-state index in [1.54, 1.807) is 19.9 Å². The van der Waals surface area contributed by atoms with Gasteiger partial charge in [-0.25, -0.2) is 0 Å². The predicted molar refractivity (Wildman–Crippen MR) is 96.0 cm³/mol. The highest BCUT2D eigenvalue weighted by Gasteiger charge is 2.50. The summed E-state index contributed by atoms with van der Waals surface area (Å²) in [6.07, 6.45) is -10.6. The molecule has 2 nitrogen and oxygen atoms in total. The second kappa shape index (κ2) is 8.27. The maximum Gasteiger partial charge on any atom is 0.417 e. The monoisotopic (exact) mass is 434 g/mol. The molecule has 0 fully saturated rings. The molecule has 0 heterocycles. The number of hydrogen-bond donors (Lipinski definition) is 0. The molecule has 2 aromatic carbocycles. The third-order valence-electron chi connectivity index (χ3n) is 4.39. The van der Waals surface area contributed by atoms with Crippen molar-refractivity contribution in [3.63, 3.8) is 0 Å². The molecule has 0 saturated carbocycles. The quantitative estimate of drug-likeness (QED) is 0.275. The number of alkyl halides is 6. The molecule has 0 aliphatic heterocycles. The third kappa shape index (κ3) is 4.69. The summed E-state index contributed by atoms with van der Waals surface area (Å²) in [5.74, 6) is -1.82. The van der Waals surface area contributed by atoms with Gasteiger partial charge in [0.05, 0.1) is 11.1 Å². The number of hydrogen-bond acceptors (Lipinski definition) is 2. The summed E-state index contributed by atoms with van der Waals surface area (Å²) in [5.41, 5.74) is -4.84. The van der Waals surface area contributed by atoms with Gasteiger partial charge in [0.25, 0.3) is 0 Å². The van der Waals surface area contributed by atoms with Gasteiger partial charge in [-0.1, -0.05) is 50.2 Å². The van der Waals surface area contributed by atoms with Crippen LogP contribution in [0.1, 0.15) is 47.3 Å². The van der Waals surface area contributed by atoms with Crippen molar-refractivity contribution in [2.45, 2.75) is 37.8 Å². The zero-order chi connectivity index (χ0) is 22.0. The Morgan fingerprint density at radius 1 is 0.862 bits per heavy atom. The molecule has 0 aromatic heterocycles. The van der Waals surface area contributed by atoms with Gasteiger partial charge in [-0.05, 0) is 30.0 Å². The van der Waals surface area contributed by atoms with Gasteiger partial charge in [0.2, 0.25) is 0 Å². The Labute approximate surface area is 165 Å². The molecule has 0 N–H and O–H groups in total. The van der Waals surface area contributed by atoms with Crippen molar-refractivity contribution in [1.29, 1.82) is 0 Å². The van der Waals surface area contributed by atoms with Crippen molar-refractivity contribution in [2.24, 2.45) is 5.92 Å². The van der Waals surface area contributed by atoms with Crippen LogP contribution in [0.3, 0.4) is 0 Å². The predicted octanol–water partition coefficient (Wildman–Crippen LogP) is 7.14. The molecule has 0 saturated heterocycles. The van der Waals surface area contributed by atoms with Crippen LogP contribution in [-0.4, -0.2) is 5.78 Å². The lowest BCUT2D eigenvalue weighted by Gasteiger charge is -2.30. The van der Waals surface area contributed by atoms with Crippen molar-refractivity contribution in [3.05, 3.63) is 70.8 Å². The van der Waals surface area contributed by atoms with Gasteiger partial charge in [0.1, 0.15) is 5.16 Å². The van der Waals surface area contributed by atoms with Gasteiger partial charge in [-0.3, -0.25) is 9.36 Å². The van der Waals surface area contributed by atoms with Crippen LogP contribution in [0.5, 0.6) is 0 Å². The van der Waals surface area contributed by atoms with Crippen molar-refractivity contribution < 1.29 is 35.7 Å². The Kier molecular flexibility index (Phi) is 6.58. The number of benzene rings is 2. The van der Waals surface area contributed by atoms with Crippen LogP contribution in [0, 0.1) is 5.92 Å². The lowest BCUT2D eigenvalue weighted by Crippen LogP contribution is -2.35. The van der Waals surface area contributed by atoms with Crippen LogP contribution in [0.15, 0.2) is 48.5 Å². The van der Waals surface area contributed by atoms with E-state index < -0.39 is 48.4 Å². The molecule has 0 bridgehead atoms. The molecule has 0 aliphatic rings. The van der Waals surface area contributed by atoms with E-state index in [1.165, 1.54) is 24.3 Å². The maximum absolute atomic E-state index is 13.5. The molecule has 0 amide bonds. The summed E-state index contributed by atoms with van der Waals surface area (Å²) in [5, 5.41) is -2.09. The minimum absolute atomic E-state index is 0.0838. The van der Waals surface area contributed by atoms with Gasteiger partial charge in [0, 0.05) is 5.56 Å². The van der Waals surface area contributed by atoms with Crippen molar-refractivity contribution in [3.8, 4) is 0 Å². The number of ketones is 1. The Bertz CT molecular complexity index is 858. The summed E-state index contributed by atoms with van der Waals surface area (Å²) < 4.78 is 93.4. The Morgan fingerprint density at radius 2 is 1.34 bits per heavy atom. The largest absolute Gasteiger partial charge is 0.417 e. The van der Waals surface area contributed by atoms with E-state index in [9.17, 15) is 35.7 Å². The van der Waals surface area contributed by atoms with E-state index in [0.717, 1.165) is 0 Å². The van der Waals surface area contributed by atoms with E-state index >= 15 is 0 Å². The van der Waals surface area contributed by atoms with Gasteiger partial charge in [0.15, 0.2) is 14.2 Å². The fourth-order valence-corrected chi connectivity index (χ4v) is 4.14. The SMILES string of the molecule is CC(C)CC(P=O)(C(=O)c1c(C(F)(F)F)cccc1C(F)(F)F)c1ccccc1. The normalized spacial score (nSPS) is 14.8. The number of Topliss-reactive ketones (excluding diaryl/α,β-unsaturated/α-hetero) is 1. The fourth-order valence-electron chi connectivity index (χ4n) is 3.25. The molecule has 2 aromatic rings. The van der Waals surface area contributed by atoms with E-state index in [2.05, 4.69) is 0 Å². The topological polar surface area (TPSA) is 34.1 Å². The molecule has 9 heteroatoms. The first-order valence-corrected chi connectivity index (χ1v) is 9.38. The van der Waals surface area contributed by atoms with Gasteiger partial charge < -0.3 is 0 Å². The highest BCUT2D eigenvalue weighted by atomic mass is 31.1. The van der Waals surface area contributed by atoms with E-state index in [1.807, 2.05) is 0 Å². The molecule has 156 valence electrons. The second-order valence-electron chi connectivity index (χ2n) is 6.97. The van der Waals surface area contributed by atoms with E-state index in [4.69, 9.17) is 0 Å². The molecule has 2 rings (SSSR count). The van der Waals surface area contributed by atoms with E-state index in [-0.39, 0.29) is 17.9 Å². The first-order chi connectivity index (χ1) is 13.3. The Morgan fingerprint density at radius 3 is 1.72 bits per heavy atom. The molecule has 1 unspecified atom stereocenters. The maximum atomic E-state index is 13.5. The summed E-state index contributed by atoms with van der Waals surface area (Å²) >= 11 is 0. The minimum Gasteiger partial charge on any atom is -0.292 e. The molecule has 29 heavy (non-hydrogen) atoms. The van der Waals surface area contributed by atoms with Gasteiger partial charge in [-0.15, -0.1) is 0 Å². The molecule has 0 radical (unpaired) electrons. The van der Waals surface area contributed by atoms with Crippen LogP contribution in [0.25, 0.3) is 0 Å². The average molecular weight is 434 g/mol. The first-order valence-electron chi connectivity index (χ1n) is 8.57. The summed E-state index contributed by atoms with van der Waals surface area (Å²) in [7, 11) is -0.887. The van der Waals surface area contributed by atoms with Gasteiger partial charge >= 0.3 is 12.4 Å². The molecule has 0 aliphatic carbocycles. The fraction of sp³-hybridized carbons (Fsp3) is 0.350.